The summed E-state index contributed by atoms with van der Waals surface area (Å²) in [5, 5.41) is 15.8. The highest BCUT2D eigenvalue weighted by molar-refractivity contribution is 8.00. The van der Waals surface area contributed by atoms with Gasteiger partial charge in [0.25, 0.3) is 0 Å². The standard InChI is InChI=1S/C28H37F3N6O5S2/c1-44(41,42)35-12-8-23-21(16-35)27(18-4-5-22(28(29,30)31)24(13-18)43-17-25(32)39)33-37(23)15-20(38)14-34-10-6-19(7-11-34)36-9-2-3-26(36)40/h4-5,13,19-20,38H,2-3,6-12,14-17H2,1H3,(H2,32,39). The molecule has 11 nitrogen and oxygen atoms in total. The van der Waals surface area contributed by atoms with Gasteiger partial charge in [-0.1, -0.05) is 6.07 Å². The van der Waals surface area contributed by atoms with Gasteiger partial charge in [-0.05, 0) is 31.4 Å². The van der Waals surface area contributed by atoms with E-state index in [1.165, 1.54) is 16.4 Å². The number of piperidine rings is 1. The van der Waals surface area contributed by atoms with E-state index in [2.05, 4.69) is 4.90 Å². The van der Waals surface area contributed by atoms with Gasteiger partial charge in [0, 0.05) is 79.9 Å². The van der Waals surface area contributed by atoms with Gasteiger partial charge in [0.05, 0.1) is 35.9 Å². The van der Waals surface area contributed by atoms with Gasteiger partial charge in [-0.15, -0.1) is 11.8 Å². The second-order valence-corrected chi connectivity index (χ2v) is 14.6. The van der Waals surface area contributed by atoms with Crippen molar-refractivity contribution in [3.8, 4) is 11.3 Å². The van der Waals surface area contributed by atoms with Crippen molar-refractivity contribution in [1.82, 2.24) is 23.9 Å². The van der Waals surface area contributed by atoms with Crippen molar-refractivity contribution in [3.05, 3.63) is 35.0 Å². The topological polar surface area (TPSA) is 142 Å². The molecule has 16 heteroatoms. The van der Waals surface area contributed by atoms with E-state index >= 15 is 0 Å². The van der Waals surface area contributed by atoms with Gasteiger partial charge in [0.2, 0.25) is 21.8 Å². The molecule has 2 saturated heterocycles. The molecular formula is C28H37F3N6O5S2. The fourth-order valence-electron chi connectivity index (χ4n) is 6.33. The first-order valence-electron chi connectivity index (χ1n) is 14.6. The summed E-state index contributed by atoms with van der Waals surface area (Å²) in [6, 6.07) is 3.74. The maximum Gasteiger partial charge on any atom is 0.417 e. The van der Waals surface area contributed by atoms with Crippen LogP contribution in [0, 0.1) is 0 Å². The molecular weight excluding hydrogens is 621 g/mol. The van der Waals surface area contributed by atoms with E-state index in [1.54, 1.807) is 4.68 Å². The number of nitrogens with zero attached hydrogens (tertiary/aromatic N) is 5. The number of hydrogen-bond acceptors (Lipinski definition) is 8. The third kappa shape index (κ3) is 7.41. The van der Waals surface area contributed by atoms with E-state index in [0.717, 1.165) is 56.9 Å². The van der Waals surface area contributed by atoms with Gasteiger partial charge in [-0.25, -0.2) is 8.42 Å². The van der Waals surface area contributed by atoms with Crippen LogP contribution >= 0.6 is 11.8 Å². The van der Waals surface area contributed by atoms with Crippen LogP contribution in [-0.4, -0.2) is 106 Å². The van der Waals surface area contributed by atoms with Crippen LogP contribution in [0.5, 0.6) is 0 Å². The SMILES string of the molecule is CS(=O)(=O)N1CCc2c(c(-c3ccc(C(F)(F)F)c(SCC(N)=O)c3)nn2CC(O)CN2CCC(N3CCCC3=O)CC2)C1. The third-order valence-electron chi connectivity index (χ3n) is 8.46. The van der Waals surface area contributed by atoms with E-state index in [9.17, 15) is 36.3 Å². The minimum absolute atomic E-state index is 0.00683. The number of rotatable bonds is 10. The summed E-state index contributed by atoms with van der Waals surface area (Å²) in [5.74, 6) is -0.899. The number of primary amides is 1. The minimum atomic E-state index is -4.66. The van der Waals surface area contributed by atoms with Crippen LogP contribution < -0.4 is 5.73 Å². The minimum Gasteiger partial charge on any atom is -0.390 e. The zero-order chi connectivity index (χ0) is 31.8. The van der Waals surface area contributed by atoms with Crippen LogP contribution in [0.2, 0.25) is 0 Å². The van der Waals surface area contributed by atoms with Crippen molar-refractivity contribution in [2.24, 2.45) is 5.73 Å². The molecule has 3 aliphatic heterocycles. The summed E-state index contributed by atoms with van der Waals surface area (Å²) in [4.78, 5) is 27.4. The summed E-state index contributed by atoms with van der Waals surface area (Å²) >= 11 is 0.675. The molecule has 0 radical (unpaired) electrons. The average Bonchev–Trinajstić information content (AvgIpc) is 3.54. The Morgan fingerprint density at radius 2 is 1.89 bits per heavy atom. The van der Waals surface area contributed by atoms with Crippen LogP contribution in [0.15, 0.2) is 23.1 Å². The average molecular weight is 659 g/mol. The molecule has 4 heterocycles. The zero-order valence-electron chi connectivity index (χ0n) is 24.4. The lowest BCUT2D eigenvalue weighted by atomic mass is 10.0. The third-order valence-corrected chi connectivity index (χ3v) is 10.8. The maximum absolute atomic E-state index is 13.7. The van der Waals surface area contributed by atoms with E-state index in [-0.39, 0.29) is 42.2 Å². The largest absolute Gasteiger partial charge is 0.417 e. The Kier molecular flexibility index (Phi) is 9.66. The quantitative estimate of drug-likeness (QED) is 0.369. The number of hydrogen-bond donors (Lipinski definition) is 2. The van der Waals surface area contributed by atoms with Crippen molar-refractivity contribution in [3.63, 3.8) is 0 Å². The summed E-state index contributed by atoms with van der Waals surface area (Å²) in [5.41, 5.74) is 6.23. The lowest BCUT2D eigenvalue weighted by Gasteiger charge is -2.37. The highest BCUT2D eigenvalue weighted by Crippen LogP contribution is 2.40. The van der Waals surface area contributed by atoms with Crippen molar-refractivity contribution >= 4 is 33.6 Å². The molecule has 1 aromatic carbocycles. The lowest BCUT2D eigenvalue weighted by molar-refractivity contribution is -0.139. The number of likely N-dealkylation sites (tertiary alicyclic amines) is 2. The van der Waals surface area contributed by atoms with Crippen LogP contribution in [0.3, 0.4) is 0 Å². The van der Waals surface area contributed by atoms with Crippen LogP contribution in [0.25, 0.3) is 11.3 Å². The number of alkyl halides is 3. The number of amides is 2. The highest BCUT2D eigenvalue weighted by atomic mass is 32.2. The smallest absolute Gasteiger partial charge is 0.390 e. The molecule has 0 bridgehead atoms. The van der Waals surface area contributed by atoms with Crippen LogP contribution in [0.4, 0.5) is 13.2 Å². The van der Waals surface area contributed by atoms with Gasteiger partial charge in [0.15, 0.2) is 0 Å². The molecule has 1 aromatic heterocycles. The molecule has 44 heavy (non-hydrogen) atoms. The number of thioether (sulfide) groups is 1. The fourth-order valence-corrected chi connectivity index (χ4v) is 7.96. The molecule has 2 aromatic rings. The Morgan fingerprint density at radius 1 is 1.16 bits per heavy atom. The fraction of sp³-hybridized carbons (Fsp3) is 0.607. The first-order chi connectivity index (χ1) is 20.7. The normalized spacial score (nSPS) is 19.8. The van der Waals surface area contributed by atoms with Crippen molar-refractivity contribution < 1.29 is 36.3 Å². The Hall–Kier alpha value is -2.66. The van der Waals surface area contributed by atoms with E-state index in [4.69, 9.17) is 10.8 Å². The first kappa shape index (κ1) is 32.7. The molecule has 2 amide bonds. The number of benzene rings is 1. The zero-order valence-corrected chi connectivity index (χ0v) is 26.1. The van der Waals surface area contributed by atoms with Gasteiger partial charge >= 0.3 is 6.18 Å². The number of carbonyl (C=O) groups is 2. The molecule has 0 aliphatic carbocycles. The second kappa shape index (κ2) is 13.0. The Labute approximate surface area is 258 Å². The number of aliphatic hydroxyl groups excluding tert-OH is 1. The first-order valence-corrected chi connectivity index (χ1v) is 17.4. The predicted molar refractivity (Wildman–Crippen MR) is 158 cm³/mol. The summed E-state index contributed by atoms with van der Waals surface area (Å²) in [6.07, 6.45) is -0.859. The van der Waals surface area contributed by atoms with Gasteiger partial charge in [0.1, 0.15) is 0 Å². The monoisotopic (exact) mass is 658 g/mol. The molecule has 0 saturated carbocycles. The summed E-state index contributed by atoms with van der Waals surface area (Å²) < 4.78 is 69.0. The molecule has 1 unspecified atom stereocenters. The number of halogens is 3. The molecule has 0 spiro atoms. The van der Waals surface area contributed by atoms with Gasteiger partial charge < -0.3 is 20.6 Å². The second-order valence-electron chi connectivity index (χ2n) is 11.6. The number of aliphatic hydroxyl groups is 1. The Morgan fingerprint density at radius 3 is 2.50 bits per heavy atom. The van der Waals surface area contributed by atoms with Gasteiger partial charge in [-0.2, -0.15) is 22.6 Å². The number of aromatic nitrogens is 2. The molecule has 242 valence electrons. The van der Waals surface area contributed by atoms with Crippen LogP contribution in [0.1, 0.15) is 42.5 Å². The highest BCUT2D eigenvalue weighted by Gasteiger charge is 2.36. The molecule has 2 fully saturated rings. The van der Waals surface area contributed by atoms with Gasteiger partial charge in [-0.3, -0.25) is 14.3 Å². The Bertz CT molecular complexity index is 1510. The lowest BCUT2D eigenvalue weighted by Crippen LogP contribution is -2.47. The van der Waals surface area contributed by atoms with Crippen molar-refractivity contribution in [1.29, 1.82) is 0 Å². The molecule has 3 aliphatic rings. The maximum atomic E-state index is 13.7. The molecule has 3 N–H and O–H groups in total. The van der Waals surface area contributed by atoms with E-state index < -0.39 is 33.8 Å². The summed E-state index contributed by atoms with van der Waals surface area (Å²) in [6.45, 7) is 3.00. The molecule has 5 rings (SSSR count). The number of fused-ring (bicyclic) bond motifs is 1. The number of sulfonamides is 1. The number of β-amino-alcohol motifs (C(OH)–C–C–N with tert-alkyl or cyclic N) is 1. The molecule has 1 atom stereocenters. The van der Waals surface area contributed by atoms with Crippen molar-refractivity contribution in [2.45, 2.75) is 68.4 Å². The number of nitrogens with two attached hydrogens (primary N) is 1. The van der Waals surface area contributed by atoms with E-state index in [0.29, 0.717) is 48.0 Å². The summed E-state index contributed by atoms with van der Waals surface area (Å²) in [7, 11) is -3.56. The van der Waals surface area contributed by atoms with Crippen molar-refractivity contribution in [2.75, 3.05) is 44.7 Å². The van der Waals surface area contributed by atoms with E-state index in [1.807, 2.05) is 4.90 Å². The van der Waals surface area contributed by atoms with Crippen LogP contribution in [-0.2, 0) is 45.3 Å². The Balaban J connectivity index is 1.38. The predicted octanol–water partition coefficient (Wildman–Crippen LogP) is 1.91. The number of carbonyl (C=O) groups excluding carboxylic acids is 2.